The maximum atomic E-state index is 12.0. The first-order valence-electron chi connectivity index (χ1n) is 6.64. The number of nitrogens with zero attached hydrogens (tertiary/aromatic N) is 2. The number of hydrogen-bond acceptors (Lipinski definition) is 6. The number of carbonyl (C=O) groups excluding carboxylic acids is 2. The third kappa shape index (κ3) is 4.10. The highest BCUT2D eigenvalue weighted by molar-refractivity contribution is 5.98. The maximum absolute atomic E-state index is 12.0. The van der Waals surface area contributed by atoms with Gasteiger partial charge in [0, 0.05) is 18.5 Å². The van der Waals surface area contributed by atoms with Crippen LogP contribution in [0.1, 0.15) is 17.3 Å². The molecular formula is C15H13N3O5. The van der Waals surface area contributed by atoms with Crippen LogP contribution in [-0.4, -0.2) is 27.9 Å². The Balaban J connectivity index is 2.04. The highest BCUT2D eigenvalue weighted by atomic mass is 16.6. The molecule has 0 saturated carbocycles. The molecule has 0 bridgehead atoms. The smallest absolute Gasteiger partial charge is 0.339 e. The lowest BCUT2D eigenvalue weighted by Gasteiger charge is -2.13. The maximum Gasteiger partial charge on any atom is 0.339 e. The molecule has 0 spiro atoms. The molecule has 0 aliphatic rings. The third-order valence-corrected chi connectivity index (χ3v) is 2.93. The third-order valence-electron chi connectivity index (χ3n) is 2.93. The molecule has 1 amide bonds. The fourth-order valence-corrected chi connectivity index (χ4v) is 1.74. The number of nitrogens with one attached hydrogen (secondary N) is 1. The van der Waals surface area contributed by atoms with Crippen molar-refractivity contribution < 1.29 is 19.2 Å². The first kappa shape index (κ1) is 16.1. The zero-order valence-corrected chi connectivity index (χ0v) is 12.1. The van der Waals surface area contributed by atoms with E-state index in [-0.39, 0.29) is 16.9 Å². The van der Waals surface area contributed by atoms with Crippen molar-refractivity contribution in [1.82, 2.24) is 4.98 Å². The van der Waals surface area contributed by atoms with E-state index in [9.17, 15) is 19.7 Å². The van der Waals surface area contributed by atoms with Gasteiger partial charge in [-0.3, -0.25) is 19.9 Å². The van der Waals surface area contributed by atoms with Crippen molar-refractivity contribution in [3.8, 4) is 0 Å². The van der Waals surface area contributed by atoms with Crippen LogP contribution in [0.4, 0.5) is 11.4 Å². The van der Waals surface area contributed by atoms with Crippen LogP contribution in [0.15, 0.2) is 48.8 Å². The summed E-state index contributed by atoms with van der Waals surface area (Å²) in [6.07, 6.45) is 1.74. The summed E-state index contributed by atoms with van der Waals surface area (Å²) in [6, 6.07) is 8.61. The van der Waals surface area contributed by atoms with Gasteiger partial charge in [-0.2, -0.15) is 0 Å². The molecule has 8 nitrogen and oxygen atoms in total. The molecule has 1 N–H and O–H groups in total. The van der Waals surface area contributed by atoms with Gasteiger partial charge in [0.1, 0.15) is 5.69 Å². The Morgan fingerprint density at radius 2 is 1.87 bits per heavy atom. The van der Waals surface area contributed by atoms with E-state index in [2.05, 4.69) is 10.3 Å². The molecule has 2 aromatic rings. The molecule has 23 heavy (non-hydrogen) atoms. The number of anilines is 1. The average molecular weight is 315 g/mol. The molecule has 0 aliphatic carbocycles. The molecule has 1 atom stereocenters. The van der Waals surface area contributed by atoms with Gasteiger partial charge in [-0.1, -0.05) is 12.1 Å². The van der Waals surface area contributed by atoms with Crippen molar-refractivity contribution in [1.29, 1.82) is 0 Å². The van der Waals surface area contributed by atoms with Crippen molar-refractivity contribution in [2.24, 2.45) is 0 Å². The Morgan fingerprint density at radius 1 is 1.22 bits per heavy atom. The van der Waals surface area contributed by atoms with E-state index in [4.69, 9.17) is 4.74 Å². The topological polar surface area (TPSA) is 111 Å². The summed E-state index contributed by atoms with van der Waals surface area (Å²) in [5, 5.41) is 13.3. The van der Waals surface area contributed by atoms with Crippen LogP contribution < -0.4 is 5.32 Å². The van der Waals surface area contributed by atoms with Crippen LogP contribution in [0.25, 0.3) is 0 Å². The molecule has 1 aromatic carbocycles. The Morgan fingerprint density at radius 3 is 2.52 bits per heavy atom. The van der Waals surface area contributed by atoms with Crippen LogP contribution in [0.2, 0.25) is 0 Å². The first-order chi connectivity index (χ1) is 11.0. The number of ether oxygens (including phenoxy) is 1. The summed E-state index contributed by atoms with van der Waals surface area (Å²) in [7, 11) is 0. The van der Waals surface area contributed by atoms with Gasteiger partial charge in [0.25, 0.3) is 11.6 Å². The Labute approximate surface area is 131 Å². The number of nitro groups is 1. The number of carbonyl (C=O) groups is 2. The molecule has 8 heteroatoms. The lowest BCUT2D eigenvalue weighted by molar-refractivity contribution is -0.383. The first-order valence-corrected chi connectivity index (χ1v) is 6.64. The number of benzene rings is 1. The Bertz CT molecular complexity index is 733. The SMILES string of the molecule is C[C@H](OC(=O)c1ccncc1)C(=O)Nc1ccccc1[N+](=O)[O-]. The molecule has 1 heterocycles. The molecule has 118 valence electrons. The van der Waals surface area contributed by atoms with Gasteiger partial charge in [-0.05, 0) is 25.1 Å². The van der Waals surface area contributed by atoms with Gasteiger partial charge in [0.2, 0.25) is 0 Å². The molecule has 2 rings (SSSR count). The van der Waals surface area contributed by atoms with Crippen LogP contribution in [0, 0.1) is 10.1 Å². The number of amides is 1. The second-order valence-corrected chi connectivity index (χ2v) is 4.55. The monoisotopic (exact) mass is 315 g/mol. The summed E-state index contributed by atoms with van der Waals surface area (Å²) in [4.78, 5) is 37.9. The minimum absolute atomic E-state index is 0.0364. The molecule has 0 aliphatic heterocycles. The highest BCUT2D eigenvalue weighted by Gasteiger charge is 2.22. The van der Waals surface area contributed by atoms with Crippen molar-refractivity contribution in [3.63, 3.8) is 0 Å². The zero-order chi connectivity index (χ0) is 16.8. The summed E-state index contributed by atoms with van der Waals surface area (Å²) >= 11 is 0. The van der Waals surface area contributed by atoms with Crippen molar-refractivity contribution in [3.05, 3.63) is 64.5 Å². The quantitative estimate of drug-likeness (QED) is 0.514. The number of hydrogen-bond donors (Lipinski definition) is 1. The predicted octanol–water partition coefficient (Wildman–Crippen LogP) is 2.17. The fraction of sp³-hybridized carbons (Fsp3) is 0.133. The number of esters is 1. The number of pyridine rings is 1. The molecule has 0 fully saturated rings. The normalized spacial score (nSPS) is 11.3. The van der Waals surface area contributed by atoms with Crippen molar-refractivity contribution >= 4 is 23.3 Å². The van der Waals surface area contributed by atoms with E-state index >= 15 is 0 Å². The highest BCUT2D eigenvalue weighted by Crippen LogP contribution is 2.23. The standard InChI is InChI=1S/C15H13N3O5/c1-10(23-15(20)11-6-8-16-9-7-11)14(19)17-12-4-2-3-5-13(12)18(21)22/h2-10H,1H3,(H,17,19)/t10-/m0/s1. The summed E-state index contributed by atoms with van der Waals surface area (Å²) in [5.41, 5.74) is 0.0492. The van der Waals surface area contributed by atoms with Gasteiger partial charge in [-0.25, -0.2) is 4.79 Å². The number of aromatic nitrogens is 1. The lowest BCUT2D eigenvalue weighted by Crippen LogP contribution is -2.30. The van der Waals surface area contributed by atoms with Crippen LogP contribution in [0.3, 0.4) is 0 Å². The average Bonchev–Trinajstić information content (AvgIpc) is 2.55. The molecule has 0 unspecified atom stereocenters. The predicted molar refractivity (Wildman–Crippen MR) is 80.8 cm³/mol. The number of rotatable bonds is 5. The zero-order valence-electron chi connectivity index (χ0n) is 12.1. The Hall–Kier alpha value is -3.29. The molecule has 0 radical (unpaired) electrons. The van der Waals surface area contributed by atoms with Crippen LogP contribution in [-0.2, 0) is 9.53 Å². The Kier molecular flexibility index (Phi) is 4.98. The van der Waals surface area contributed by atoms with Gasteiger partial charge in [-0.15, -0.1) is 0 Å². The van der Waals surface area contributed by atoms with Crippen LogP contribution >= 0.6 is 0 Å². The minimum atomic E-state index is -1.12. The van der Waals surface area contributed by atoms with E-state index in [1.807, 2.05) is 0 Å². The van der Waals surface area contributed by atoms with E-state index in [1.165, 1.54) is 49.6 Å². The van der Waals surface area contributed by atoms with Gasteiger partial charge < -0.3 is 10.1 Å². The fourth-order valence-electron chi connectivity index (χ4n) is 1.74. The van der Waals surface area contributed by atoms with E-state index in [0.717, 1.165) is 0 Å². The largest absolute Gasteiger partial charge is 0.449 e. The second-order valence-electron chi connectivity index (χ2n) is 4.55. The summed E-state index contributed by atoms with van der Waals surface area (Å²) in [6.45, 7) is 1.38. The minimum Gasteiger partial charge on any atom is -0.449 e. The number of nitro benzene ring substituents is 1. The molecular weight excluding hydrogens is 302 g/mol. The van der Waals surface area contributed by atoms with Crippen LogP contribution in [0.5, 0.6) is 0 Å². The van der Waals surface area contributed by atoms with Gasteiger partial charge in [0.15, 0.2) is 6.10 Å². The van der Waals surface area contributed by atoms with E-state index in [1.54, 1.807) is 6.07 Å². The van der Waals surface area contributed by atoms with E-state index < -0.39 is 22.9 Å². The van der Waals surface area contributed by atoms with Crippen molar-refractivity contribution in [2.75, 3.05) is 5.32 Å². The van der Waals surface area contributed by atoms with Gasteiger partial charge >= 0.3 is 5.97 Å². The number of para-hydroxylation sites is 2. The molecule has 0 saturated heterocycles. The second kappa shape index (κ2) is 7.12. The summed E-state index contributed by atoms with van der Waals surface area (Å²) in [5.74, 6) is -1.35. The van der Waals surface area contributed by atoms with Gasteiger partial charge in [0.05, 0.1) is 10.5 Å². The lowest BCUT2D eigenvalue weighted by atomic mass is 10.2. The van der Waals surface area contributed by atoms with E-state index in [0.29, 0.717) is 0 Å². The van der Waals surface area contributed by atoms with Crippen molar-refractivity contribution in [2.45, 2.75) is 13.0 Å². The summed E-state index contributed by atoms with van der Waals surface area (Å²) < 4.78 is 5.02. The molecule has 1 aromatic heterocycles.